The lowest BCUT2D eigenvalue weighted by atomic mass is 9.95. The third kappa shape index (κ3) is 4.63. The highest BCUT2D eigenvalue weighted by Gasteiger charge is 2.16. The molecule has 1 amide bonds. The van der Waals surface area contributed by atoms with Gasteiger partial charge in [-0.1, -0.05) is 19.3 Å². The van der Waals surface area contributed by atoms with Crippen molar-refractivity contribution in [2.45, 2.75) is 44.8 Å². The van der Waals surface area contributed by atoms with E-state index in [1.807, 2.05) is 0 Å². The summed E-state index contributed by atoms with van der Waals surface area (Å²) in [6.45, 7) is -0.188. The predicted octanol–water partition coefficient (Wildman–Crippen LogP) is 2.02. The van der Waals surface area contributed by atoms with Crippen molar-refractivity contribution in [3.63, 3.8) is 0 Å². The summed E-state index contributed by atoms with van der Waals surface area (Å²) in [5.41, 5.74) is 0.611. The molecule has 1 aromatic carbocycles. The molecule has 0 saturated heterocycles. The van der Waals surface area contributed by atoms with Gasteiger partial charge in [-0.15, -0.1) is 0 Å². The fraction of sp³-hybridized carbons (Fsp3) is 0.562. The number of rotatable bonds is 6. The van der Waals surface area contributed by atoms with Crippen LogP contribution in [-0.2, 0) is 11.4 Å². The molecule has 0 atom stereocenters. The lowest BCUT2D eigenvalue weighted by molar-refractivity contribution is -0.124. The smallest absolute Gasteiger partial charge is 0.258 e. The van der Waals surface area contributed by atoms with E-state index in [0.29, 0.717) is 17.1 Å². The summed E-state index contributed by atoms with van der Waals surface area (Å²) in [5.74, 6) is 1.05. The maximum Gasteiger partial charge on any atom is 0.258 e. The number of hydrogen-bond donors (Lipinski definition) is 2. The topological polar surface area (TPSA) is 67.8 Å². The normalized spacial score (nSPS) is 15.5. The summed E-state index contributed by atoms with van der Waals surface area (Å²) in [4.78, 5) is 11.9. The number of benzene rings is 1. The predicted molar refractivity (Wildman–Crippen MR) is 79.4 cm³/mol. The first-order chi connectivity index (χ1) is 10.2. The molecule has 2 N–H and O–H groups in total. The summed E-state index contributed by atoms with van der Waals surface area (Å²) < 4.78 is 10.6. The van der Waals surface area contributed by atoms with Crippen LogP contribution in [0.5, 0.6) is 11.5 Å². The Labute approximate surface area is 125 Å². The molecule has 2 rings (SSSR count). The lowest BCUT2D eigenvalue weighted by Crippen LogP contribution is -2.39. The van der Waals surface area contributed by atoms with E-state index >= 15 is 0 Å². The zero-order chi connectivity index (χ0) is 15.1. The molecular formula is C16H23NO4. The van der Waals surface area contributed by atoms with Gasteiger partial charge in [-0.05, 0) is 31.0 Å². The molecule has 21 heavy (non-hydrogen) atoms. The fourth-order valence-corrected chi connectivity index (χ4v) is 2.61. The Balaban J connectivity index is 1.85. The van der Waals surface area contributed by atoms with Crippen LogP contribution in [0.3, 0.4) is 0 Å². The van der Waals surface area contributed by atoms with Gasteiger partial charge in [0.15, 0.2) is 6.61 Å². The highest BCUT2D eigenvalue weighted by atomic mass is 16.5. The molecule has 0 radical (unpaired) electrons. The second kappa shape index (κ2) is 7.88. The van der Waals surface area contributed by atoms with Gasteiger partial charge in [0, 0.05) is 11.6 Å². The van der Waals surface area contributed by atoms with Crippen LogP contribution in [0.4, 0.5) is 0 Å². The molecule has 1 saturated carbocycles. The van der Waals surface area contributed by atoms with Crippen LogP contribution in [0.25, 0.3) is 0 Å². The van der Waals surface area contributed by atoms with E-state index in [2.05, 4.69) is 5.32 Å². The van der Waals surface area contributed by atoms with Gasteiger partial charge in [0.2, 0.25) is 0 Å². The van der Waals surface area contributed by atoms with E-state index in [1.165, 1.54) is 19.3 Å². The highest BCUT2D eigenvalue weighted by molar-refractivity contribution is 5.77. The number of carbonyl (C=O) groups is 1. The third-order valence-electron chi connectivity index (χ3n) is 3.77. The Morgan fingerprint density at radius 1 is 1.33 bits per heavy atom. The van der Waals surface area contributed by atoms with Crippen molar-refractivity contribution in [1.29, 1.82) is 0 Å². The van der Waals surface area contributed by atoms with Crippen molar-refractivity contribution in [1.82, 2.24) is 5.32 Å². The number of hydrogen-bond acceptors (Lipinski definition) is 4. The minimum atomic E-state index is -0.156. The van der Waals surface area contributed by atoms with Crippen molar-refractivity contribution in [3.05, 3.63) is 23.8 Å². The van der Waals surface area contributed by atoms with E-state index in [1.54, 1.807) is 25.3 Å². The molecule has 0 aromatic heterocycles. The minimum absolute atomic E-state index is 0.0319. The number of methoxy groups -OCH3 is 1. The van der Waals surface area contributed by atoms with Crippen LogP contribution < -0.4 is 14.8 Å². The monoisotopic (exact) mass is 293 g/mol. The quantitative estimate of drug-likeness (QED) is 0.842. The number of carbonyl (C=O) groups excluding carboxylic acids is 1. The molecule has 1 aliphatic carbocycles. The Kier molecular flexibility index (Phi) is 5.87. The maximum atomic E-state index is 11.9. The molecule has 5 nitrogen and oxygen atoms in total. The summed E-state index contributed by atoms with van der Waals surface area (Å²) in [5, 5.41) is 12.3. The molecule has 1 fully saturated rings. The molecule has 1 aromatic rings. The lowest BCUT2D eigenvalue weighted by Gasteiger charge is -2.22. The number of ether oxygens (including phenoxy) is 2. The molecule has 116 valence electrons. The van der Waals surface area contributed by atoms with Crippen LogP contribution >= 0.6 is 0 Å². The van der Waals surface area contributed by atoms with E-state index in [0.717, 1.165) is 12.8 Å². The Bertz CT molecular complexity index is 469. The second-order valence-electron chi connectivity index (χ2n) is 5.32. The average molecular weight is 293 g/mol. The summed E-state index contributed by atoms with van der Waals surface area (Å²) >= 11 is 0. The van der Waals surface area contributed by atoms with Crippen LogP contribution in [0, 0.1) is 0 Å². The SMILES string of the molecule is COc1ccc(OCC(=O)NC2CCCCC2)c(CO)c1. The molecular weight excluding hydrogens is 270 g/mol. The first-order valence-corrected chi connectivity index (χ1v) is 7.43. The van der Waals surface area contributed by atoms with Gasteiger partial charge in [-0.25, -0.2) is 0 Å². The van der Waals surface area contributed by atoms with Gasteiger partial charge in [0.1, 0.15) is 11.5 Å². The van der Waals surface area contributed by atoms with Gasteiger partial charge < -0.3 is 19.9 Å². The fourth-order valence-electron chi connectivity index (χ4n) is 2.61. The molecule has 1 aliphatic rings. The number of aliphatic hydroxyl groups excluding tert-OH is 1. The highest BCUT2D eigenvalue weighted by Crippen LogP contribution is 2.24. The van der Waals surface area contributed by atoms with Crippen molar-refractivity contribution in [2.75, 3.05) is 13.7 Å². The minimum Gasteiger partial charge on any atom is -0.497 e. The van der Waals surface area contributed by atoms with Crippen molar-refractivity contribution in [3.8, 4) is 11.5 Å². The van der Waals surface area contributed by atoms with Crippen molar-refractivity contribution >= 4 is 5.91 Å². The Morgan fingerprint density at radius 2 is 2.10 bits per heavy atom. The van der Waals surface area contributed by atoms with Crippen LogP contribution in [-0.4, -0.2) is 30.8 Å². The number of nitrogens with one attached hydrogen (secondary N) is 1. The zero-order valence-electron chi connectivity index (χ0n) is 12.4. The molecule has 0 heterocycles. The van der Waals surface area contributed by atoms with Gasteiger partial charge in [-0.3, -0.25) is 4.79 Å². The van der Waals surface area contributed by atoms with E-state index < -0.39 is 0 Å². The van der Waals surface area contributed by atoms with Gasteiger partial charge in [0.05, 0.1) is 13.7 Å². The molecule has 5 heteroatoms. The van der Waals surface area contributed by atoms with Crippen LogP contribution in [0.2, 0.25) is 0 Å². The third-order valence-corrected chi connectivity index (χ3v) is 3.77. The van der Waals surface area contributed by atoms with Crippen LogP contribution in [0.1, 0.15) is 37.7 Å². The largest absolute Gasteiger partial charge is 0.497 e. The molecule has 0 aliphatic heterocycles. The van der Waals surface area contributed by atoms with Crippen molar-refractivity contribution in [2.24, 2.45) is 0 Å². The number of aliphatic hydroxyl groups is 1. The Morgan fingerprint density at radius 3 is 2.76 bits per heavy atom. The summed E-state index contributed by atoms with van der Waals surface area (Å²) in [6.07, 6.45) is 5.72. The first-order valence-electron chi connectivity index (χ1n) is 7.43. The second-order valence-corrected chi connectivity index (χ2v) is 5.32. The van der Waals surface area contributed by atoms with Crippen LogP contribution in [0.15, 0.2) is 18.2 Å². The van der Waals surface area contributed by atoms with Gasteiger partial charge in [0.25, 0.3) is 5.91 Å². The molecule has 0 bridgehead atoms. The summed E-state index contributed by atoms with van der Waals surface area (Å²) in [7, 11) is 1.56. The molecule has 0 spiro atoms. The number of amides is 1. The Hall–Kier alpha value is -1.75. The molecule has 0 unspecified atom stereocenters. The van der Waals surface area contributed by atoms with E-state index in [4.69, 9.17) is 9.47 Å². The first kappa shape index (κ1) is 15.6. The van der Waals surface area contributed by atoms with E-state index in [9.17, 15) is 9.90 Å². The summed E-state index contributed by atoms with van der Waals surface area (Å²) in [6, 6.07) is 5.43. The van der Waals surface area contributed by atoms with Gasteiger partial charge in [-0.2, -0.15) is 0 Å². The maximum absolute atomic E-state index is 11.9. The van der Waals surface area contributed by atoms with Gasteiger partial charge >= 0.3 is 0 Å². The van der Waals surface area contributed by atoms with E-state index in [-0.39, 0.29) is 25.2 Å². The standard InChI is InChI=1S/C16H23NO4/c1-20-14-7-8-15(12(9-14)10-18)21-11-16(19)17-13-5-3-2-4-6-13/h7-9,13,18H,2-6,10-11H2,1H3,(H,17,19). The zero-order valence-corrected chi connectivity index (χ0v) is 12.4. The van der Waals surface area contributed by atoms with Crippen molar-refractivity contribution < 1.29 is 19.4 Å². The average Bonchev–Trinajstić information content (AvgIpc) is 2.53.